The van der Waals surface area contributed by atoms with Crippen LogP contribution in [-0.2, 0) is 23.5 Å². The molecule has 2 aromatic heterocycles. The summed E-state index contributed by atoms with van der Waals surface area (Å²) >= 11 is 0. The average Bonchev–Trinajstić information content (AvgIpc) is 3.19. The fourth-order valence-electron chi connectivity index (χ4n) is 3.92. The molecule has 0 bridgehead atoms. The van der Waals surface area contributed by atoms with Crippen LogP contribution in [0.5, 0.6) is 0 Å². The van der Waals surface area contributed by atoms with Crippen molar-refractivity contribution < 1.29 is 8.42 Å². The summed E-state index contributed by atoms with van der Waals surface area (Å²) in [5.41, 5.74) is 4.46. The molecule has 0 fully saturated rings. The molecule has 5 aromatic rings. The highest BCUT2D eigenvalue weighted by Crippen LogP contribution is 2.24. The molecule has 12 heteroatoms. The molecule has 10 nitrogen and oxygen atoms in total. The van der Waals surface area contributed by atoms with Gasteiger partial charge in [0.2, 0.25) is 21.9 Å². The van der Waals surface area contributed by atoms with Crippen LogP contribution in [-0.4, -0.2) is 34.5 Å². The minimum absolute atomic E-state index is 0. The predicted molar refractivity (Wildman–Crippen MR) is 153 cm³/mol. The van der Waals surface area contributed by atoms with E-state index in [2.05, 4.69) is 38.1 Å². The zero-order chi connectivity index (χ0) is 25.8. The number of benzene rings is 3. The first-order valence-corrected chi connectivity index (χ1v) is 13.1. The van der Waals surface area contributed by atoms with Crippen LogP contribution >= 0.6 is 12.4 Å². The third-order valence-corrected chi connectivity index (χ3v) is 6.68. The number of nitrogens with one attached hydrogen (secondary N) is 3. The molecule has 2 heterocycles. The largest absolute Gasteiger partial charge is 0.355 e. The highest BCUT2D eigenvalue weighted by molar-refractivity contribution is 7.89. The van der Waals surface area contributed by atoms with E-state index in [9.17, 15) is 8.42 Å². The Labute approximate surface area is 226 Å². The van der Waals surface area contributed by atoms with Gasteiger partial charge in [-0.3, -0.25) is 0 Å². The van der Waals surface area contributed by atoms with Crippen LogP contribution < -0.4 is 21.1 Å². The molecule has 0 unspecified atom stereocenters. The summed E-state index contributed by atoms with van der Waals surface area (Å²) < 4.78 is 25.3. The molecule has 5 rings (SSSR count). The van der Waals surface area contributed by atoms with E-state index >= 15 is 0 Å². The number of aryl methyl sites for hydroxylation is 1. The van der Waals surface area contributed by atoms with E-state index in [0.717, 1.165) is 35.6 Å². The average molecular weight is 551 g/mol. The van der Waals surface area contributed by atoms with Gasteiger partial charge in [-0.05, 0) is 54.4 Å². The zero-order valence-electron chi connectivity index (χ0n) is 20.5. The molecule has 0 saturated heterocycles. The molecule has 0 aliphatic rings. The number of nitrogens with zero attached hydrogens (tertiary/aromatic N) is 4. The van der Waals surface area contributed by atoms with Gasteiger partial charge < -0.3 is 20.5 Å². The highest BCUT2D eigenvalue weighted by atomic mass is 35.5. The van der Waals surface area contributed by atoms with Crippen LogP contribution in [0.15, 0.2) is 90.0 Å². The predicted octanol–water partition coefficient (Wildman–Crippen LogP) is 4.57. The maximum Gasteiger partial charge on any atom is 0.238 e. The summed E-state index contributed by atoms with van der Waals surface area (Å²) in [6, 6.07) is 24.2. The quantitative estimate of drug-likeness (QED) is 0.209. The van der Waals surface area contributed by atoms with Crippen LogP contribution in [0.3, 0.4) is 0 Å². The first-order valence-electron chi connectivity index (χ1n) is 11.6. The number of fused-ring (bicyclic) bond motifs is 1. The van der Waals surface area contributed by atoms with E-state index < -0.39 is 10.0 Å². The molecule has 5 N–H and O–H groups in total. The van der Waals surface area contributed by atoms with Gasteiger partial charge in [-0.15, -0.1) is 12.4 Å². The molecule has 0 saturated carbocycles. The van der Waals surface area contributed by atoms with Crippen LogP contribution in [0, 0.1) is 0 Å². The SMILES string of the molecule is Cl.Cn1c(NCCc2ccccc2)nc2cc(Nc3ccnc(Nc4cccc(S(N)(=O)=O)c4)n3)ccc21. The number of primary sulfonamides is 1. The van der Waals surface area contributed by atoms with E-state index in [4.69, 9.17) is 10.1 Å². The third kappa shape index (κ3) is 6.38. The lowest BCUT2D eigenvalue weighted by Crippen LogP contribution is -2.12. The highest BCUT2D eigenvalue weighted by Gasteiger charge is 2.10. The molecule has 0 radical (unpaired) electrons. The fourth-order valence-corrected chi connectivity index (χ4v) is 4.47. The standard InChI is InChI=1S/C26H26N8O2S.ClH/c1-34-23-11-10-20(17-22(23)32-26(34)29-14-12-18-6-3-2-4-7-18)30-24-13-15-28-25(33-24)31-19-8-5-9-21(16-19)37(27,35)36;/h2-11,13,15-17H,12,14H2,1H3,(H,29,32)(H2,27,35,36)(H2,28,30,31,33);1H. The Balaban J connectivity index is 0.00000336. The van der Waals surface area contributed by atoms with Crippen molar-refractivity contribution in [2.75, 3.05) is 22.5 Å². The normalized spacial score (nSPS) is 11.1. The van der Waals surface area contributed by atoms with Gasteiger partial charge in [0.25, 0.3) is 0 Å². The van der Waals surface area contributed by atoms with Crippen molar-refractivity contribution in [2.45, 2.75) is 11.3 Å². The summed E-state index contributed by atoms with van der Waals surface area (Å²) in [6.07, 6.45) is 2.52. The Kier molecular flexibility index (Phi) is 8.10. The molecule has 196 valence electrons. The lowest BCUT2D eigenvalue weighted by molar-refractivity contribution is 0.598. The van der Waals surface area contributed by atoms with Gasteiger partial charge in [-0.2, -0.15) is 4.98 Å². The molecule has 0 spiro atoms. The molecule has 38 heavy (non-hydrogen) atoms. The van der Waals surface area contributed by atoms with E-state index in [1.165, 1.54) is 17.7 Å². The smallest absolute Gasteiger partial charge is 0.238 e. The van der Waals surface area contributed by atoms with Gasteiger partial charge >= 0.3 is 0 Å². The van der Waals surface area contributed by atoms with Crippen molar-refractivity contribution in [2.24, 2.45) is 12.2 Å². The fraction of sp³-hybridized carbons (Fsp3) is 0.115. The van der Waals surface area contributed by atoms with Gasteiger partial charge in [-0.25, -0.2) is 23.5 Å². The van der Waals surface area contributed by atoms with Gasteiger partial charge in [0.05, 0.1) is 15.9 Å². The van der Waals surface area contributed by atoms with E-state index in [0.29, 0.717) is 17.5 Å². The van der Waals surface area contributed by atoms with Gasteiger partial charge in [0.1, 0.15) is 5.82 Å². The second-order valence-corrected chi connectivity index (χ2v) is 10.0. The van der Waals surface area contributed by atoms with Crippen molar-refractivity contribution in [1.29, 1.82) is 0 Å². The topological polar surface area (TPSA) is 140 Å². The number of sulfonamides is 1. The first-order chi connectivity index (χ1) is 17.8. The lowest BCUT2D eigenvalue weighted by Gasteiger charge is -2.09. The number of nitrogens with two attached hydrogens (primary N) is 1. The molecular weight excluding hydrogens is 524 g/mol. The second kappa shape index (κ2) is 11.5. The van der Waals surface area contributed by atoms with Crippen molar-refractivity contribution >= 4 is 62.6 Å². The number of rotatable bonds is 9. The van der Waals surface area contributed by atoms with Gasteiger partial charge in [-0.1, -0.05) is 36.4 Å². The van der Waals surface area contributed by atoms with Crippen LogP contribution in [0.25, 0.3) is 11.0 Å². The van der Waals surface area contributed by atoms with Crippen molar-refractivity contribution in [1.82, 2.24) is 19.5 Å². The number of hydrogen-bond donors (Lipinski definition) is 4. The second-order valence-electron chi connectivity index (χ2n) is 8.45. The van der Waals surface area contributed by atoms with Crippen molar-refractivity contribution in [3.05, 3.63) is 90.6 Å². The zero-order valence-corrected chi connectivity index (χ0v) is 22.1. The lowest BCUT2D eigenvalue weighted by atomic mass is 10.1. The molecular formula is C26H27ClN8O2S. The Morgan fingerprint density at radius 1 is 0.895 bits per heavy atom. The summed E-state index contributed by atoms with van der Waals surface area (Å²) in [5.74, 6) is 1.68. The number of halogens is 1. The van der Waals surface area contributed by atoms with Gasteiger partial charge in [0.15, 0.2) is 0 Å². The summed E-state index contributed by atoms with van der Waals surface area (Å²) in [5, 5.41) is 14.9. The van der Waals surface area contributed by atoms with E-state index in [1.54, 1.807) is 24.4 Å². The number of imidazole rings is 1. The first kappa shape index (κ1) is 26.9. The van der Waals surface area contributed by atoms with Gasteiger partial charge in [0, 0.05) is 31.2 Å². The Morgan fingerprint density at radius 2 is 1.68 bits per heavy atom. The minimum Gasteiger partial charge on any atom is -0.355 e. The van der Waals surface area contributed by atoms with E-state index in [1.807, 2.05) is 48.0 Å². The number of aromatic nitrogens is 4. The molecule has 3 aromatic carbocycles. The third-order valence-electron chi connectivity index (χ3n) is 5.77. The number of hydrogen-bond acceptors (Lipinski definition) is 8. The van der Waals surface area contributed by atoms with Crippen molar-refractivity contribution in [3.63, 3.8) is 0 Å². The Morgan fingerprint density at radius 3 is 2.47 bits per heavy atom. The summed E-state index contributed by atoms with van der Waals surface area (Å²) in [7, 11) is -1.82. The van der Waals surface area contributed by atoms with E-state index in [-0.39, 0.29) is 17.3 Å². The minimum atomic E-state index is -3.81. The maximum absolute atomic E-state index is 11.6. The summed E-state index contributed by atoms with van der Waals surface area (Å²) in [4.78, 5) is 13.5. The van der Waals surface area contributed by atoms with Crippen molar-refractivity contribution in [3.8, 4) is 0 Å². The molecule has 0 aliphatic carbocycles. The van der Waals surface area contributed by atoms with Crippen LogP contribution in [0.2, 0.25) is 0 Å². The summed E-state index contributed by atoms with van der Waals surface area (Å²) in [6.45, 7) is 0.781. The molecule has 0 atom stereocenters. The molecule has 0 aliphatic heterocycles. The Bertz CT molecular complexity index is 1660. The molecule has 0 amide bonds. The Hall–Kier alpha value is -4.19. The number of anilines is 5. The monoisotopic (exact) mass is 550 g/mol. The van der Waals surface area contributed by atoms with Crippen LogP contribution in [0.4, 0.5) is 29.1 Å². The van der Waals surface area contributed by atoms with Crippen LogP contribution in [0.1, 0.15) is 5.56 Å². The maximum atomic E-state index is 11.6.